The van der Waals surface area contributed by atoms with Crippen LogP contribution in [0.3, 0.4) is 0 Å². The van der Waals surface area contributed by atoms with Crippen molar-refractivity contribution in [3.05, 3.63) is 82.7 Å². The molecule has 3 aromatic rings. The maximum Gasteiger partial charge on any atom is 0.296 e. The van der Waals surface area contributed by atoms with Gasteiger partial charge in [0.2, 0.25) is 0 Å². The summed E-state index contributed by atoms with van der Waals surface area (Å²) in [6.45, 7) is 3.72. The van der Waals surface area contributed by atoms with E-state index in [1.54, 1.807) is 68.4 Å². The van der Waals surface area contributed by atoms with Crippen molar-refractivity contribution >= 4 is 17.4 Å². The summed E-state index contributed by atoms with van der Waals surface area (Å²) < 4.78 is 1.63. The zero-order valence-corrected chi connectivity index (χ0v) is 16.9. The molecule has 3 aromatic heterocycles. The monoisotopic (exact) mass is 403 g/mol. The summed E-state index contributed by atoms with van der Waals surface area (Å²) in [6.07, 6.45) is 4.88. The average molecular weight is 403 g/mol. The number of pyridine rings is 2. The van der Waals surface area contributed by atoms with Gasteiger partial charge in [0.05, 0.1) is 22.5 Å². The van der Waals surface area contributed by atoms with Crippen LogP contribution in [-0.4, -0.2) is 41.4 Å². The summed E-state index contributed by atoms with van der Waals surface area (Å²) >= 11 is 0. The van der Waals surface area contributed by atoms with E-state index in [0.29, 0.717) is 22.6 Å². The Morgan fingerprint density at radius 2 is 1.93 bits per heavy atom. The molecule has 1 aliphatic heterocycles. The van der Waals surface area contributed by atoms with Gasteiger partial charge in [-0.05, 0) is 37.6 Å². The van der Waals surface area contributed by atoms with Gasteiger partial charge in [-0.25, -0.2) is 0 Å². The largest absolute Gasteiger partial charge is 0.507 e. The molecule has 4 rings (SSSR count). The van der Waals surface area contributed by atoms with Gasteiger partial charge in [-0.15, -0.1) is 0 Å². The normalized spacial score (nSPS) is 18.2. The van der Waals surface area contributed by atoms with Crippen LogP contribution in [0.2, 0.25) is 0 Å². The molecule has 1 saturated heterocycles. The van der Waals surface area contributed by atoms with E-state index < -0.39 is 17.7 Å². The van der Waals surface area contributed by atoms with E-state index in [1.165, 1.54) is 4.90 Å². The molecule has 4 heterocycles. The van der Waals surface area contributed by atoms with Gasteiger partial charge in [0.25, 0.3) is 11.7 Å². The van der Waals surface area contributed by atoms with Crippen molar-refractivity contribution in [3.63, 3.8) is 0 Å². The van der Waals surface area contributed by atoms with E-state index in [-0.39, 0.29) is 17.9 Å². The lowest BCUT2D eigenvalue weighted by atomic mass is 9.97. The SMILES string of the molecule is Cc1nn(C)c(C)c1/C(O)=C1\C(=O)C(=O)N(Cc2cccnc2)[C@@H]1c1ccccn1. The first-order valence-corrected chi connectivity index (χ1v) is 9.49. The number of aliphatic hydroxyl groups is 1. The quantitative estimate of drug-likeness (QED) is 0.408. The molecule has 8 nitrogen and oxygen atoms in total. The third kappa shape index (κ3) is 3.16. The number of carbonyl (C=O) groups is 2. The van der Waals surface area contributed by atoms with E-state index in [2.05, 4.69) is 15.1 Å². The number of amides is 1. The number of rotatable bonds is 4. The van der Waals surface area contributed by atoms with Gasteiger partial charge < -0.3 is 10.0 Å². The molecule has 8 heteroatoms. The highest BCUT2D eigenvalue weighted by molar-refractivity contribution is 6.46. The Bertz CT molecular complexity index is 1150. The molecule has 1 atom stereocenters. The van der Waals surface area contributed by atoms with Crippen molar-refractivity contribution in [3.8, 4) is 0 Å². The molecular weight excluding hydrogens is 382 g/mol. The zero-order chi connectivity index (χ0) is 21.4. The van der Waals surface area contributed by atoms with Crippen molar-refractivity contribution in [2.45, 2.75) is 26.4 Å². The maximum absolute atomic E-state index is 13.1. The Morgan fingerprint density at radius 1 is 1.13 bits per heavy atom. The number of hydrogen-bond donors (Lipinski definition) is 1. The highest BCUT2D eigenvalue weighted by atomic mass is 16.3. The highest BCUT2D eigenvalue weighted by Gasteiger charge is 2.47. The lowest BCUT2D eigenvalue weighted by Crippen LogP contribution is -2.29. The topological polar surface area (TPSA) is 101 Å². The first-order chi connectivity index (χ1) is 14.4. The lowest BCUT2D eigenvalue weighted by molar-refractivity contribution is -0.140. The summed E-state index contributed by atoms with van der Waals surface area (Å²) in [7, 11) is 1.76. The average Bonchev–Trinajstić information content (AvgIpc) is 3.15. The molecule has 0 spiro atoms. The van der Waals surface area contributed by atoms with Gasteiger partial charge in [-0.1, -0.05) is 12.1 Å². The van der Waals surface area contributed by atoms with Crippen LogP contribution in [0.5, 0.6) is 0 Å². The van der Waals surface area contributed by atoms with Crippen LogP contribution >= 0.6 is 0 Å². The standard InChI is InChI=1S/C22H21N5O3/c1-13-17(14(2)26(3)25-13)20(28)18-19(16-8-4-5-10-24-16)27(22(30)21(18)29)12-15-7-6-9-23-11-15/h4-11,19,28H,12H2,1-3H3/b20-18+/t19-/m1/s1. The highest BCUT2D eigenvalue weighted by Crippen LogP contribution is 2.40. The molecule has 0 bridgehead atoms. The number of aliphatic hydroxyl groups excluding tert-OH is 1. The van der Waals surface area contributed by atoms with Gasteiger partial charge in [0.1, 0.15) is 11.8 Å². The summed E-state index contributed by atoms with van der Waals surface area (Å²) in [4.78, 5) is 35.9. The Balaban J connectivity index is 1.90. The maximum atomic E-state index is 13.1. The summed E-state index contributed by atoms with van der Waals surface area (Å²) in [5.41, 5.74) is 3.02. The van der Waals surface area contributed by atoms with Gasteiger partial charge in [-0.3, -0.25) is 24.2 Å². The number of hydrogen-bond acceptors (Lipinski definition) is 6. The summed E-state index contributed by atoms with van der Waals surface area (Å²) in [5, 5.41) is 15.5. The van der Waals surface area contributed by atoms with E-state index in [4.69, 9.17) is 0 Å². The first-order valence-electron chi connectivity index (χ1n) is 9.49. The van der Waals surface area contributed by atoms with E-state index in [1.807, 2.05) is 6.07 Å². The van der Waals surface area contributed by atoms with Crippen molar-refractivity contribution in [1.29, 1.82) is 0 Å². The van der Waals surface area contributed by atoms with Crippen LogP contribution in [0.15, 0.2) is 54.5 Å². The van der Waals surface area contributed by atoms with Gasteiger partial charge in [0, 0.05) is 37.9 Å². The van der Waals surface area contributed by atoms with Crippen LogP contribution in [-0.2, 0) is 23.2 Å². The number of carbonyl (C=O) groups excluding carboxylic acids is 2. The van der Waals surface area contributed by atoms with Crippen molar-refractivity contribution < 1.29 is 14.7 Å². The van der Waals surface area contributed by atoms with Crippen molar-refractivity contribution in [2.24, 2.45) is 7.05 Å². The second-order valence-electron chi connectivity index (χ2n) is 7.21. The fourth-order valence-electron chi connectivity index (χ4n) is 3.83. The summed E-state index contributed by atoms with van der Waals surface area (Å²) in [5.74, 6) is -1.66. The van der Waals surface area contributed by atoms with Crippen molar-refractivity contribution in [2.75, 3.05) is 0 Å². The lowest BCUT2D eigenvalue weighted by Gasteiger charge is -2.24. The van der Waals surface area contributed by atoms with Crippen LogP contribution in [0.25, 0.3) is 5.76 Å². The molecule has 0 saturated carbocycles. The Labute approximate surface area is 173 Å². The van der Waals surface area contributed by atoms with Crippen LogP contribution in [0.1, 0.15) is 34.3 Å². The number of ketones is 1. The van der Waals surface area contributed by atoms with Gasteiger partial charge in [0.15, 0.2) is 0 Å². The molecule has 1 N–H and O–H groups in total. The zero-order valence-electron chi connectivity index (χ0n) is 16.9. The molecule has 0 unspecified atom stereocenters. The second-order valence-corrected chi connectivity index (χ2v) is 7.21. The number of Topliss-reactive ketones (excluding diaryl/α,β-unsaturated/α-hetero) is 1. The number of aromatic nitrogens is 4. The molecule has 1 fully saturated rings. The minimum atomic E-state index is -0.814. The van der Waals surface area contributed by atoms with Crippen LogP contribution in [0, 0.1) is 13.8 Å². The minimum absolute atomic E-state index is 0.0155. The molecule has 1 amide bonds. The fraction of sp³-hybridized carbons (Fsp3) is 0.227. The van der Waals surface area contributed by atoms with Gasteiger partial charge in [-0.2, -0.15) is 5.10 Å². The predicted octanol–water partition coefficient (Wildman–Crippen LogP) is 2.45. The molecule has 30 heavy (non-hydrogen) atoms. The van der Waals surface area contributed by atoms with E-state index >= 15 is 0 Å². The second kappa shape index (κ2) is 7.55. The van der Waals surface area contributed by atoms with E-state index in [9.17, 15) is 14.7 Å². The van der Waals surface area contributed by atoms with Gasteiger partial charge >= 0.3 is 0 Å². The Hall–Kier alpha value is -3.81. The first kappa shape index (κ1) is 19.5. The third-order valence-corrected chi connectivity index (χ3v) is 5.33. The molecular formula is C22H21N5O3. The molecule has 152 valence electrons. The third-order valence-electron chi connectivity index (χ3n) is 5.33. The fourth-order valence-corrected chi connectivity index (χ4v) is 3.83. The Kier molecular flexibility index (Phi) is 4.91. The molecule has 0 aromatic carbocycles. The predicted molar refractivity (Wildman–Crippen MR) is 109 cm³/mol. The number of aryl methyl sites for hydroxylation is 2. The molecule has 0 radical (unpaired) electrons. The summed E-state index contributed by atoms with van der Waals surface area (Å²) in [6, 6.07) is 8.06. The van der Waals surface area contributed by atoms with Crippen molar-refractivity contribution in [1.82, 2.24) is 24.6 Å². The molecule has 1 aliphatic rings. The van der Waals surface area contributed by atoms with Crippen LogP contribution in [0.4, 0.5) is 0 Å². The number of nitrogens with zero attached hydrogens (tertiary/aromatic N) is 5. The van der Waals surface area contributed by atoms with Crippen LogP contribution < -0.4 is 0 Å². The smallest absolute Gasteiger partial charge is 0.296 e. The van der Waals surface area contributed by atoms with E-state index in [0.717, 1.165) is 5.56 Å². The number of likely N-dealkylation sites (tertiary alicyclic amines) is 1. The Morgan fingerprint density at radius 3 is 2.53 bits per heavy atom. The minimum Gasteiger partial charge on any atom is -0.507 e. The molecule has 0 aliphatic carbocycles.